The van der Waals surface area contributed by atoms with E-state index in [4.69, 9.17) is 0 Å². The Hall–Kier alpha value is -1.36. The largest absolute Gasteiger partial charge is 0.253 e. The van der Waals surface area contributed by atoms with E-state index < -0.39 is 0 Å². The molecule has 0 unspecified atom stereocenters. The number of nitrogens with zero attached hydrogens (tertiary/aromatic N) is 4. The second-order valence-electron chi connectivity index (χ2n) is 4.57. The summed E-state index contributed by atoms with van der Waals surface area (Å²) in [5, 5.41) is 5.28. The first kappa shape index (κ1) is 14.1. The van der Waals surface area contributed by atoms with Gasteiger partial charge in [-0.2, -0.15) is 4.98 Å². The summed E-state index contributed by atoms with van der Waals surface area (Å²) in [6, 6.07) is 0. The Labute approximate surface area is 118 Å². The molecule has 102 valence electrons. The summed E-state index contributed by atoms with van der Waals surface area (Å²) in [5.41, 5.74) is 3.54. The number of thioether (sulfide) groups is 1. The van der Waals surface area contributed by atoms with Crippen molar-refractivity contribution in [3.8, 4) is 0 Å². The van der Waals surface area contributed by atoms with Gasteiger partial charge in [0.05, 0.1) is 0 Å². The summed E-state index contributed by atoms with van der Waals surface area (Å²) in [7, 11) is 0. The third-order valence-electron chi connectivity index (χ3n) is 3.14. The van der Waals surface area contributed by atoms with Gasteiger partial charge in [-0.3, -0.25) is 0 Å². The normalized spacial score (nSPS) is 11.1. The Morgan fingerprint density at radius 2 is 2.11 bits per heavy atom. The van der Waals surface area contributed by atoms with E-state index >= 15 is 0 Å². The maximum atomic E-state index is 4.57. The Balaban J connectivity index is 2.41. The number of hydrogen-bond donors (Lipinski definition) is 0. The molecule has 0 aliphatic carbocycles. The van der Waals surface area contributed by atoms with Crippen molar-refractivity contribution in [3.05, 3.63) is 29.6 Å². The highest BCUT2D eigenvalue weighted by molar-refractivity contribution is 7.99. The molecule has 2 aromatic heterocycles. The van der Waals surface area contributed by atoms with Crippen LogP contribution in [0.5, 0.6) is 0 Å². The molecular weight excluding hydrogens is 256 g/mol. The van der Waals surface area contributed by atoms with Gasteiger partial charge in [-0.05, 0) is 32.3 Å². The lowest BCUT2D eigenvalue weighted by Gasteiger charge is -2.09. The van der Waals surface area contributed by atoms with Crippen LogP contribution >= 0.6 is 11.8 Å². The SMILES string of the molecule is C=CCSc1nc2nc(C)c(CCCC)c(C)n2n1. The second kappa shape index (κ2) is 6.19. The molecule has 2 aromatic rings. The van der Waals surface area contributed by atoms with Crippen LogP contribution in [0.3, 0.4) is 0 Å². The standard InChI is InChI=1S/C14H20N4S/c1-5-7-8-12-10(3)15-13-16-14(19-9-6-2)17-18(13)11(12)4/h6H,2,5,7-9H2,1,3-4H3. The first-order valence-electron chi connectivity index (χ1n) is 6.64. The zero-order valence-electron chi connectivity index (χ0n) is 11.8. The molecule has 0 bridgehead atoms. The van der Waals surface area contributed by atoms with E-state index in [1.54, 1.807) is 11.8 Å². The zero-order chi connectivity index (χ0) is 13.8. The van der Waals surface area contributed by atoms with Crippen LogP contribution in [-0.4, -0.2) is 25.3 Å². The molecule has 0 aliphatic rings. The van der Waals surface area contributed by atoms with Crippen LogP contribution in [0.2, 0.25) is 0 Å². The Kier molecular flexibility index (Phi) is 4.58. The van der Waals surface area contributed by atoms with E-state index in [0.717, 1.165) is 28.7 Å². The molecule has 19 heavy (non-hydrogen) atoms. The summed E-state index contributed by atoms with van der Waals surface area (Å²) in [4.78, 5) is 9.02. The molecule has 0 saturated carbocycles. The average molecular weight is 276 g/mol. The minimum atomic E-state index is 0.696. The minimum Gasteiger partial charge on any atom is -0.216 e. The predicted octanol–water partition coefficient (Wildman–Crippen LogP) is 3.36. The summed E-state index contributed by atoms with van der Waals surface area (Å²) >= 11 is 1.58. The quantitative estimate of drug-likeness (QED) is 0.599. The van der Waals surface area contributed by atoms with Gasteiger partial charge in [0.25, 0.3) is 5.78 Å². The van der Waals surface area contributed by atoms with Crippen LogP contribution < -0.4 is 0 Å². The highest BCUT2D eigenvalue weighted by Gasteiger charge is 2.12. The molecular formula is C14H20N4S. The third kappa shape index (κ3) is 2.97. The average Bonchev–Trinajstić information content (AvgIpc) is 2.79. The lowest BCUT2D eigenvalue weighted by molar-refractivity contribution is 0.754. The van der Waals surface area contributed by atoms with Crippen molar-refractivity contribution in [2.45, 2.75) is 45.2 Å². The van der Waals surface area contributed by atoms with Gasteiger partial charge >= 0.3 is 0 Å². The number of rotatable bonds is 6. The van der Waals surface area contributed by atoms with Gasteiger partial charge in [0.2, 0.25) is 5.16 Å². The van der Waals surface area contributed by atoms with Gasteiger partial charge in [-0.25, -0.2) is 9.50 Å². The van der Waals surface area contributed by atoms with Crippen LogP contribution in [0.25, 0.3) is 5.78 Å². The van der Waals surface area contributed by atoms with Gasteiger partial charge in [0.15, 0.2) is 0 Å². The molecule has 0 amide bonds. The fourth-order valence-electron chi connectivity index (χ4n) is 2.10. The van der Waals surface area contributed by atoms with Crippen molar-refractivity contribution in [1.29, 1.82) is 0 Å². The van der Waals surface area contributed by atoms with Crippen molar-refractivity contribution in [2.75, 3.05) is 5.75 Å². The van der Waals surface area contributed by atoms with Crippen molar-refractivity contribution in [3.63, 3.8) is 0 Å². The Bertz CT molecular complexity index is 589. The molecule has 2 heterocycles. The third-order valence-corrected chi connectivity index (χ3v) is 3.97. The summed E-state index contributed by atoms with van der Waals surface area (Å²) < 4.78 is 1.86. The highest BCUT2D eigenvalue weighted by Crippen LogP contribution is 2.19. The van der Waals surface area contributed by atoms with Crippen LogP contribution in [0, 0.1) is 13.8 Å². The number of fused-ring (bicyclic) bond motifs is 1. The summed E-state index contributed by atoms with van der Waals surface area (Å²) in [6.45, 7) is 10.1. The molecule has 0 radical (unpaired) electrons. The van der Waals surface area contributed by atoms with E-state index in [1.165, 1.54) is 18.4 Å². The minimum absolute atomic E-state index is 0.696. The fraction of sp³-hybridized carbons (Fsp3) is 0.500. The first-order chi connectivity index (χ1) is 9.17. The van der Waals surface area contributed by atoms with Gasteiger partial charge < -0.3 is 0 Å². The van der Waals surface area contributed by atoms with Crippen LogP contribution in [-0.2, 0) is 6.42 Å². The molecule has 0 N–H and O–H groups in total. The maximum Gasteiger partial charge on any atom is 0.253 e. The van der Waals surface area contributed by atoms with E-state index in [0.29, 0.717) is 5.78 Å². The van der Waals surface area contributed by atoms with Crippen molar-refractivity contribution >= 4 is 17.5 Å². The van der Waals surface area contributed by atoms with Gasteiger partial charge in [-0.1, -0.05) is 31.2 Å². The summed E-state index contributed by atoms with van der Waals surface area (Å²) in [6.07, 6.45) is 5.29. The van der Waals surface area contributed by atoms with Crippen LogP contribution in [0.1, 0.15) is 36.7 Å². The van der Waals surface area contributed by atoms with Crippen LogP contribution in [0.15, 0.2) is 17.8 Å². The first-order valence-corrected chi connectivity index (χ1v) is 7.62. The summed E-state index contributed by atoms with van der Waals surface area (Å²) in [5.74, 6) is 1.51. The number of hydrogen-bond acceptors (Lipinski definition) is 4. The van der Waals surface area contributed by atoms with E-state index in [-0.39, 0.29) is 0 Å². The number of unbranched alkanes of at least 4 members (excludes halogenated alkanes) is 1. The highest BCUT2D eigenvalue weighted by atomic mass is 32.2. The van der Waals surface area contributed by atoms with Crippen molar-refractivity contribution in [1.82, 2.24) is 19.6 Å². The lowest BCUT2D eigenvalue weighted by atomic mass is 10.1. The number of aryl methyl sites for hydroxylation is 2. The smallest absolute Gasteiger partial charge is 0.216 e. The van der Waals surface area contributed by atoms with Gasteiger partial charge in [0, 0.05) is 17.1 Å². The molecule has 0 spiro atoms. The fourth-order valence-corrected chi connectivity index (χ4v) is 2.65. The molecule has 2 rings (SSSR count). The molecule has 0 saturated heterocycles. The maximum absolute atomic E-state index is 4.57. The van der Waals surface area contributed by atoms with E-state index in [2.05, 4.69) is 42.4 Å². The van der Waals surface area contributed by atoms with Crippen molar-refractivity contribution in [2.24, 2.45) is 0 Å². The van der Waals surface area contributed by atoms with Crippen LogP contribution in [0.4, 0.5) is 0 Å². The lowest BCUT2D eigenvalue weighted by Crippen LogP contribution is -2.05. The van der Waals surface area contributed by atoms with Crippen molar-refractivity contribution < 1.29 is 0 Å². The second-order valence-corrected chi connectivity index (χ2v) is 5.56. The monoisotopic (exact) mass is 276 g/mol. The Morgan fingerprint density at radius 1 is 1.32 bits per heavy atom. The Morgan fingerprint density at radius 3 is 2.79 bits per heavy atom. The van der Waals surface area contributed by atoms with E-state index in [9.17, 15) is 0 Å². The molecule has 0 aliphatic heterocycles. The molecule has 0 fully saturated rings. The topological polar surface area (TPSA) is 43.1 Å². The zero-order valence-corrected chi connectivity index (χ0v) is 12.6. The van der Waals surface area contributed by atoms with Gasteiger partial charge in [0.1, 0.15) is 0 Å². The van der Waals surface area contributed by atoms with E-state index in [1.807, 2.05) is 10.6 Å². The van der Waals surface area contributed by atoms with Gasteiger partial charge in [-0.15, -0.1) is 11.7 Å². The molecule has 0 aromatic carbocycles. The molecule has 4 nitrogen and oxygen atoms in total. The molecule has 0 atom stereocenters. The molecule has 5 heteroatoms. The number of aromatic nitrogens is 4. The predicted molar refractivity (Wildman–Crippen MR) is 79.8 cm³/mol.